The Kier molecular flexibility index (Phi) is 3.48. The monoisotopic (exact) mass is 339 g/mol. The van der Waals surface area contributed by atoms with Crippen molar-refractivity contribution in [1.29, 1.82) is 0 Å². The Morgan fingerprint density at radius 2 is 1.65 bits per heavy atom. The van der Waals surface area contributed by atoms with E-state index < -0.39 is 21.8 Å². The first-order valence-corrected chi connectivity index (χ1v) is 8.15. The zero-order valence-electron chi connectivity index (χ0n) is 12.0. The summed E-state index contributed by atoms with van der Waals surface area (Å²) in [5.41, 5.74) is -0.293. The molecule has 2 aromatic carbocycles. The van der Waals surface area contributed by atoms with Crippen LogP contribution in [0.4, 0.5) is 13.2 Å². The number of alkyl halides is 3. The Morgan fingerprint density at radius 1 is 1.00 bits per heavy atom. The number of benzene rings is 2. The molecule has 0 amide bonds. The third-order valence-electron chi connectivity index (χ3n) is 3.57. The lowest BCUT2D eigenvalue weighted by Gasteiger charge is -2.12. The summed E-state index contributed by atoms with van der Waals surface area (Å²) in [6.45, 7) is 1.47. The standard InChI is InChI=1S/C16H12F3NO2S/c1-11-9-13(16(17,18)19)10-12-7-8-20(15(11)12)23(21,22)14-5-3-2-4-6-14/h2-10H,1H3. The maximum absolute atomic E-state index is 12.9. The van der Waals surface area contributed by atoms with Gasteiger partial charge in [-0.1, -0.05) is 18.2 Å². The van der Waals surface area contributed by atoms with Gasteiger partial charge in [0, 0.05) is 11.6 Å². The summed E-state index contributed by atoms with van der Waals surface area (Å²) in [6, 6.07) is 11.0. The van der Waals surface area contributed by atoms with E-state index in [1.807, 2.05) is 0 Å². The molecule has 1 aromatic heterocycles. The fraction of sp³-hybridized carbons (Fsp3) is 0.125. The van der Waals surface area contributed by atoms with E-state index in [0.717, 1.165) is 16.1 Å². The van der Waals surface area contributed by atoms with Crippen molar-refractivity contribution in [1.82, 2.24) is 3.97 Å². The molecule has 0 spiro atoms. The van der Waals surface area contributed by atoms with Gasteiger partial charge in [-0.2, -0.15) is 13.2 Å². The average molecular weight is 339 g/mol. The minimum Gasteiger partial charge on any atom is -0.241 e. The van der Waals surface area contributed by atoms with Gasteiger partial charge in [0.1, 0.15) is 0 Å². The highest BCUT2D eigenvalue weighted by Crippen LogP contribution is 2.34. The van der Waals surface area contributed by atoms with Crippen LogP contribution in [0.3, 0.4) is 0 Å². The molecule has 0 saturated heterocycles. The molecule has 0 fully saturated rings. The van der Waals surface area contributed by atoms with Crippen molar-refractivity contribution in [3.8, 4) is 0 Å². The van der Waals surface area contributed by atoms with Crippen molar-refractivity contribution >= 4 is 20.9 Å². The normalized spacial score (nSPS) is 12.7. The second-order valence-corrected chi connectivity index (χ2v) is 6.97. The molecular formula is C16H12F3NO2S. The predicted molar refractivity (Wildman–Crippen MR) is 80.7 cm³/mol. The lowest BCUT2D eigenvalue weighted by molar-refractivity contribution is -0.137. The first kappa shape index (κ1) is 15.6. The summed E-state index contributed by atoms with van der Waals surface area (Å²) in [5, 5.41) is 0.233. The number of aromatic nitrogens is 1. The number of rotatable bonds is 2. The molecule has 0 N–H and O–H groups in total. The van der Waals surface area contributed by atoms with Crippen LogP contribution in [0.2, 0.25) is 0 Å². The van der Waals surface area contributed by atoms with E-state index >= 15 is 0 Å². The first-order chi connectivity index (χ1) is 10.7. The number of fused-ring (bicyclic) bond motifs is 1. The molecule has 3 aromatic rings. The molecule has 120 valence electrons. The molecule has 23 heavy (non-hydrogen) atoms. The van der Waals surface area contributed by atoms with E-state index in [1.165, 1.54) is 31.3 Å². The van der Waals surface area contributed by atoms with E-state index in [1.54, 1.807) is 18.2 Å². The van der Waals surface area contributed by atoms with Crippen LogP contribution in [0.5, 0.6) is 0 Å². The highest BCUT2D eigenvalue weighted by atomic mass is 32.2. The van der Waals surface area contributed by atoms with Crippen LogP contribution in [0.15, 0.2) is 59.6 Å². The molecular weight excluding hydrogens is 327 g/mol. The first-order valence-electron chi connectivity index (χ1n) is 6.71. The number of halogens is 3. The van der Waals surface area contributed by atoms with Crippen molar-refractivity contribution in [2.24, 2.45) is 0 Å². The number of nitrogens with zero attached hydrogens (tertiary/aromatic N) is 1. The van der Waals surface area contributed by atoms with E-state index in [2.05, 4.69) is 0 Å². The molecule has 0 aliphatic heterocycles. The van der Waals surface area contributed by atoms with Gasteiger partial charge in [-0.3, -0.25) is 0 Å². The Bertz CT molecular complexity index is 974. The Labute approximate surface area is 131 Å². The van der Waals surface area contributed by atoms with Gasteiger partial charge in [0.05, 0.1) is 16.0 Å². The second kappa shape index (κ2) is 5.13. The Hall–Kier alpha value is -2.28. The predicted octanol–water partition coefficient (Wildman–Crippen LogP) is 4.21. The Balaban J connectivity index is 2.25. The van der Waals surface area contributed by atoms with E-state index in [0.29, 0.717) is 0 Å². The van der Waals surface area contributed by atoms with E-state index in [4.69, 9.17) is 0 Å². The van der Waals surface area contributed by atoms with Gasteiger partial charge in [0.25, 0.3) is 10.0 Å². The number of aryl methyl sites for hydroxylation is 1. The Morgan fingerprint density at radius 3 is 2.26 bits per heavy atom. The number of hydrogen-bond acceptors (Lipinski definition) is 2. The van der Waals surface area contributed by atoms with Crippen LogP contribution in [-0.2, 0) is 16.2 Å². The SMILES string of the molecule is Cc1cc(C(F)(F)F)cc2ccn(S(=O)(=O)c3ccccc3)c12. The average Bonchev–Trinajstić information content (AvgIpc) is 2.92. The van der Waals surface area contributed by atoms with Crippen LogP contribution in [0.25, 0.3) is 10.9 Å². The molecule has 3 nitrogen and oxygen atoms in total. The van der Waals surface area contributed by atoms with Gasteiger partial charge in [0.2, 0.25) is 0 Å². The topological polar surface area (TPSA) is 39.1 Å². The van der Waals surface area contributed by atoms with Crippen LogP contribution in [-0.4, -0.2) is 12.4 Å². The summed E-state index contributed by atoms with van der Waals surface area (Å²) in [6.07, 6.45) is -3.19. The number of hydrogen-bond donors (Lipinski definition) is 0. The lowest BCUT2D eigenvalue weighted by Crippen LogP contribution is -2.12. The van der Waals surface area contributed by atoms with Gasteiger partial charge in [-0.05, 0) is 42.8 Å². The lowest BCUT2D eigenvalue weighted by atomic mass is 10.1. The fourth-order valence-electron chi connectivity index (χ4n) is 2.53. The van der Waals surface area contributed by atoms with Crippen molar-refractivity contribution in [3.05, 3.63) is 65.9 Å². The van der Waals surface area contributed by atoms with Crippen LogP contribution in [0.1, 0.15) is 11.1 Å². The minimum atomic E-state index is -4.47. The molecule has 0 bridgehead atoms. The van der Waals surface area contributed by atoms with Crippen molar-refractivity contribution in [2.45, 2.75) is 18.0 Å². The summed E-state index contributed by atoms with van der Waals surface area (Å²) >= 11 is 0. The van der Waals surface area contributed by atoms with E-state index in [9.17, 15) is 21.6 Å². The van der Waals surface area contributed by atoms with Gasteiger partial charge < -0.3 is 0 Å². The smallest absolute Gasteiger partial charge is 0.241 e. The molecule has 0 saturated carbocycles. The summed E-state index contributed by atoms with van der Waals surface area (Å²) in [7, 11) is -3.86. The molecule has 0 aliphatic carbocycles. The minimum absolute atomic E-state index is 0.0804. The fourth-order valence-corrected chi connectivity index (χ4v) is 3.97. The quantitative estimate of drug-likeness (QED) is 0.702. The van der Waals surface area contributed by atoms with Gasteiger partial charge >= 0.3 is 6.18 Å². The second-order valence-electron chi connectivity index (χ2n) is 5.16. The van der Waals surface area contributed by atoms with Gasteiger partial charge in [-0.15, -0.1) is 0 Å². The summed E-state index contributed by atoms with van der Waals surface area (Å²) < 4.78 is 65.0. The van der Waals surface area contributed by atoms with Gasteiger partial charge in [-0.25, -0.2) is 12.4 Å². The molecule has 0 unspecified atom stereocenters. The molecule has 0 atom stereocenters. The molecule has 0 aliphatic rings. The van der Waals surface area contributed by atoms with Crippen molar-refractivity contribution in [3.63, 3.8) is 0 Å². The maximum Gasteiger partial charge on any atom is 0.416 e. The van der Waals surface area contributed by atoms with Gasteiger partial charge in [0.15, 0.2) is 0 Å². The van der Waals surface area contributed by atoms with Crippen molar-refractivity contribution in [2.75, 3.05) is 0 Å². The zero-order valence-corrected chi connectivity index (χ0v) is 12.8. The molecule has 1 heterocycles. The molecule has 0 radical (unpaired) electrons. The highest BCUT2D eigenvalue weighted by Gasteiger charge is 2.32. The van der Waals surface area contributed by atoms with Crippen molar-refractivity contribution < 1.29 is 21.6 Å². The zero-order chi connectivity index (χ0) is 16.8. The third-order valence-corrected chi connectivity index (χ3v) is 5.26. The maximum atomic E-state index is 12.9. The van der Waals surface area contributed by atoms with E-state index in [-0.39, 0.29) is 21.4 Å². The summed E-state index contributed by atoms with van der Waals surface area (Å²) in [5.74, 6) is 0. The largest absolute Gasteiger partial charge is 0.416 e. The van der Waals surface area contributed by atoms with Crippen LogP contribution < -0.4 is 0 Å². The van der Waals surface area contributed by atoms with Crippen LogP contribution in [0, 0.1) is 6.92 Å². The molecule has 3 rings (SSSR count). The highest BCUT2D eigenvalue weighted by molar-refractivity contribution is 7.90. The van der Waals surface area contributed by atoms with Crippen LogP contribution >= 0.6 is 0 Å². The third kappa shape index (κ3) is 2.61. The summed E-state index contributed by atoms with van der Waals surface area (Å²) in [4.78, 5) is 0.0804. The molecule has 7 heteroatoms.